The lowest BCUT2D eigenvalue weighted by atomic mass is 10.0. The van der Waals surface area contributed by atoms with Gasteiger partial charge in [0.15, 0.2) is 5.11 Å². The molecule has 2 atom stereocenters. The highest BCUT2D eigenvalue weighted by atomic mass is 32.1. The molecule has 1 aliphatic heterocycles. The summed E-state index contributed by atoms with van der Waals surface area (Å²) >= 11 is 5.49. The zero-order chi connectivity index (χ0) is 16.5. The molecule has 1 fully saturated rings. The largest absolute Gasteiger partial charge is 0.352 e. The van der Waals surface area contributed by atoms with E-state index in [4.69, 9.17) is 12.2 Å². The Morgan fingerprint density at radius 2 is 1.79 bits per heavy atom. The van der Waals surface area contributed by atoms with Gasteiger partial charge in [0.05, 0.1) is 17.8 Å². The fourth-order valence-electron chi connectivity index (χ4n) is 3.17. The molecule has 1 N–H and O–H groups in total. The van der Waals surface area contributed by atoms with Gasteiger partial charge in [-0.15, -0.1) is 0 Å². The first-order valence-electron chi connectivity index (χ1n) is 7.78. The standard InChI is InChI=1S/C18H17N5S/c1-22-17(16(21-18(22)24)13-7-2-4-10-19-13)14-8-6-12-23(14)15-9-3-5-11-20-15/h2-12,16-17H,1H3,(H,21,24)/t16-,17+/m0/s1. The van der Waals surface area contributed by atoms with Crippen LogP contribution in [-0.2, 0) is 0 Å². The molecule has 4 heterocycles. The van der Waals surface area contributed by atoms with Gasteiger partial charge in [-0.05, 0) is 48.6 Å². The van der Waals surface area contributed by atoms with Crippen molar-refractivity contribution in [1.29, 1.82) is 0 Å². The maximum Gasteiger partial charge on any atom is 0.169 e. The number of thiocarbonyl (C=S) groups is 1. The third kappa shape index (κ3) is 2.45. The molecule has 3 aromatic rings. The van der Waals surface area contributed by atoms with E-state index in [0.717, 1.165) is 22.3 Å². The predicted octanol–water partition coefficient (Wildman–Crippen LogP) is 2.87. The minimum absolute atomic E-state index is 0.000984. The van der Waals surface area contributed by atoms with Crippen LogP contribution in [0.2, 0.25) is 0 Å². The van der Waals surface area contributed by atoms with Crippen molar-refractivity contribution < 1.29 is 0 Å². The Bertz CT molecular complexity index is 846. The van der Waals surface area contributed by atoms with Crippen molar-refractivity contribution >= 4 is 17.3 Å². The monoisotopic (exact) mass is 335 g/mol. The van der Waals surface area contributed by atoms with E-state index < -0.39 is 0 Å². The summed E-state index contributed by atoms with van der Waals surface area (Å²) in [7, 11) is 2.01. The van der Waals surface area contributed by atoms with Crippen LogP contribution in [0.5, 0.6) is 0 Å². The molecular formula is C18H17N5S. The highest BCUT2D eigenvalue weighted by Gasteiger charge is 2.39. The Labute approximate surface area is 146 Å². The van der Waals surface area contributed by atoms with Crippen molar-refractivity contribution in [3.05, 3.63) is 78.5 Å². The van der Waals surface area contributed by atoms with E-state index in [9.17, 15) is 0 Å². The average Bonchev–Trinajstić information content (AvgIpc) is 3.22. The molecule has 120 valence electrons. The Hall–Kier alpha value is -2.73. The number of pyridine rings is 2. The van der Waals surface area contributed by atoms with Crippen molar-refractivity contribution in [1.82, 2.24) is 24.8 Å². The topological polar surface area (TPSA) is 46.0 Å². The molecule has 0 bridgehead atoms. The summed E-state index contributed by atoms with van der Waals surface area (Å²) < 4.78 is 2.10. The Kier molecular flexibility index (Phi) is 3.74. The number of hydrogen-bond acceptors (Lipinski definition) is 3. The number of rotatable bonds is 3. The van der Waals surface area contributed by atoms with Gasteiger partial charge in [-0.25, -0.2) is 4.98 Å². The van der Waals surface area contributed by atoms with Crippen molar-refractivity contribution in [2.24, 2.45) is 0 Å². The number of nitrogens with zero attached hydrogens (tertiary/aromatic N) is 4. The molecule has 6 heteroatoms. The van der Waals surface area contributed by atoms with Crippen LogP contribution in [0.1, 0.15) is 23.5 Å². The fraction of sp³-hybridized carbons (Fsp3) is 0.167. The van der Waals surface area contributed by atoms with Crippen molar-refractivity contribution in [3.8, 4) is 5.82 Å². The van der Waals surface area contributed by atoms with Gasteiger partial charge in [-0.2, -0.15) is 0 Å². The summed E-state index contributed by atoms with van der Waals surface area (Å²) in [5.74, 6) is 0.892. The molecule has 0 saturated carbocycles. The van der Waals surface area contributed by atoms with Gasteiger partial charge in [-0.1, -0.05) is 12.1 Å². The number of aromatic nitrogens is 3. The van der Waals surface area contributed by atoms with Crippen LogP contribution in [0, 0.1) is 0 Å². The van der Waals surface area contributed by atoms with Gasteiger partial charge in [0, 0.05) is 31.3 Å². The molecule has 0 aromatic carbocycles. The van der Waals surface area contributed by atoms with Crippen LogP contribution in [0.15, 0.2) is 67.1 Å². The summed E-state index contributed by atoms with van der Waals surface area (Å²) in [4.78, 5) is 11.1. The molecular weight excluding hydrogens is 318 g/mol. The second kappa shape index (κ2) is 6.05. The molecule has 24 heavy (non-hydrogen) atoms. The fourth-order valence-corrected chi connectivity index (χ4v) is 3.41. The van der Waals surface area contributed by atoms with E-state index in [2.05, 4.69) is 30.8 Å². The highest BCUT2D eigenvalue weighted by molar-refractivity contribution is 7.80. The average molecular weight is 335 g/mol. The summed E-state index contributed by atoms with van der Waals surface area (Å²) in [6, 6.07) is 16.1. The third-order valence-corrected chi connectivity index (χ3v) is 4.72. The van der Waals surface area contributed by atoms with E-state index in [0.29, 0.717) is 0 Å². The van der Waals surface area contributed by atoms with Gasteiger partial charge in [-0.3, -0.25) is 4.98 Å². The summed E-state index contributed by atoms with van der Waals surface area (Å²) in [5, 5.41) is 4.12. The maximum absolute atomic E-state index is 5.49. The molecule has 0 amide bonds. The number of hydrogen-bond donors (Lipinski definition) is 1. The molecule has 0 aliphatic carbocycles. The highest BCUT2D eigenvalue weighted by Crippen LogP contribution is 2.38. The first-order valence-corrected chi connectivity index (χ1v) is 8.19. The maximum atomic E-state index is 5.49. The van der Waals surface area contributed by atoms with Crippen LogP contribution in [-0.4, -0.2) is 31.6 Å². The van der Waals surface area contributed by atoms with Gasteiger partial charge in [0.2, 0.25) is 0 Å². The third-order valence-electron chi connectivity index (χ3n) is 4.32. The lowest BCUT2D eigenvalue weighted by Gasteiger charge is -2.25. The first kappa shape index (κ1) is 14.8. The second-order valence-corrected chi connectivity index (χ2v) is 6.12. The van der Waals surface area contributed by atoms with Gasteiger partial charge < -0.3 is 14.8 Å². The minimum Gasteiger partial charge on any atom is -0.352 e. The van der Waals surface area contributed by atoms with Crippen molar-refractivity contribution in [2.45, 2.75) is 12.1 Å². The summed E-state index contributed by atoms with van der Waals surface area (Å²) in [6.45, 7) is 0. The normalized spacial score (nSPS) is 20.2. The zero-order valence-electron chi connectivity index (χ0n) is 13.2. The van der Waals surface area contributed by atoms with Crippen LogP contribution in [0.3, 0.4) is 0 Å². The molecule has 1 aliphatic rings. The predicted molar refractivity (Wildman–Crippen MR) is 96.8 cm³/mol. The van der Waals surface area contributed by atoms with Gasteiger partial charge in [0.25, 0.3) is 0 Å². The van der Waals surface area contributed by atoms with E-state index in [1.165, 1.54) is 0 Å². The molecule has 0 spiro atoms. The molecule has 0 unspecified atom stereocenters. The Morgan fingerprint density at radius 1 is 1.00 bits per heavy atom. The quantitative estimate of drug-likeness (QED) is 0.746. The molecule has 5 nitrogen and oxygen atoms in total. The van der Waals surface area contributed by atoms with E-state index in [-0.39, 0.29) is 12.1 Å². The Balaban J connectivity index is 1.80. The molecule has 1 saturated heterocycles. The van der Waals surface area contributed by atoms with Gasteiger partial charge in [0.1, 0.15) is 5.82 Å². The number of nitrogens with one attached hydrogen (secondary N) is 1. The number of likely N-dealkylation sites (N-methyl/N-ethyl adjacent to an activating group) is 1. The minimum atomic E-state index is 0.000984. The van der Waals surface area contributed by atoms with E-state index >= 15 is 0 Å². The van der Waals surface area contributed by atoms with E-state index in [1.54, 1.807) is 6.20 Å². The zero-order valence-corrected chi connectivity index (χ0v) is 14.0. The summed E-state index contributed by atoms with van der Waals surface area (Å²) in [6.07, 6.45) is 5.65. The van der Waals surface area contributed by atoms with Crippen LogP contribution >= 0.6 is 12.2 Å². The van der Waals surface area contributed by atoms with Crippen LogP contribution in [0.25, 0.3) is 5.82 Å². The first-order chi connectivity index (χ1) is 11.8. The van der Waals surface area contributed by atoms with Crippen molar-refractivity contribution in [2.75, 3.05) is 7.05 Å². The van der Waals surface area contributed by atoms with Gasteiger partial charge >= 0.3 is 0 Å². The summed E-state index contributed by atoms with van der Waals surface area (Å²) in [5.41, 5.74) is 2.10. The van der Waals surface area contributed by atoms with Crippen LogP contribution in [0.4, 0.5) is 0 Å². The SMILES string of the molecule is CN1C(=S)N[C@@H](c2ccccn2)[C@H]1c1cccn1-c1ccccn1. The van der Waals surface area contributed by atoms with Crippen molar-refractivity contribution in [3.63, 3.8) is 0 Å². The lowest BCUT2D eigenvalue weighted by molar-refractivity contribution is 0.356. The Morgan fingerprint density at radius 3 is 2.50 bits per heavy atom. The van der Waals surface area contributed by atoms with Crippen LogP contribution < -0.4 is 5.32 Å². The lowest BCUT2D eigenvalue weighted by Crippen LogP contribution is -2.26. The van der Waals surface area contributed by atoms with E-state index in [1.807, 2.05) is 61.9 Å². The molecule has 4 rings (SSSR count). The second-order valence-electron chi connectivity index (χ2n) is 5.73. The molecule has 0 radical (unpaired) electrons. The molecule has 3 aromatic heterocycles. The smallest absolute Gasteiger partial charge is 0.169 e.